The number of hydrogen-bond acceptors (Lipinski definition) is 4. The van der Waals surface area contributed by atoms with Crippen molar-refractivity contribution in [3.05, 3.63) is 69.0 Å². The third-order valence-electron chi connectivity index (χ3n) is 3.37. The zero-order chi connectivity index (χ0) is 15.0. The van der Waals surface area contributed by atoms with Crippen molar-refractivity contribution >= 4 is 10.9 Å². The van der Waals surface area contributed by atoms with E-state index in [0.717, 1.165) is 5.56 Å². The highest BCUT2D eigenvalue weighted by Crippen LogP contribution is 2.21. The molecule has 0 fully saturated rings. The first-order valence-electron chi connectivity index (χ1n) is 6.42. The van der Waals surface area contributed by atoms with Crippen LogP contribution in [0.5, 0.6) is 5.75 Å². The van der Waals surface area contributed by atoms with Crippen molar-refractivity contribution in [1.29, 1.82) is 0 Å². The highest BCUT2D eigenvalue weighted by molar-refractivity contribution is 5.79. The van der Waals surface area contributed by atoms with Crippen molar-refractivity contribution in [1.82, 2.24) is 4.57 Å². The highest BCUT2D eigenvalue weighted by Gasteiger charge is 2.12. The number of para-hydroxylation sites is 1. The Labute approximate surface area is 120 Å². The van der Waals surface area contributed by atoms with Crippen LogP contribution in [-0.4, -0.2) is 11.7 Å². The Balaban J connectivity index is 2.41. The molecule has 3 rings (SSSR count). The topological polar surface area (TPSA) is 61.4 Å². The molecular formula is C16H13NO4. The Morgan fingerprint density at radius 3 is 2.57 bits per heavy atom. The molecule has 0 N–H and O–H groups in total. The van der Waals surface area contributed by atoms with Crippen molar-refractivity contribution in [3.8, 4) is 11.4 Å². The summed E-state index contributed by atoms with van der Waals surface area (Å²) in [7, 11) is 1.58. The highest BCUT2D eigenvalue weighted by atomic mass is 16.5. The molecule has 5 nitrogen and oxygen atoms in total. The number of nitrogens with zero attached hydrogens (tertiary/aromatic N) is 1. The molecule has 2 aromatic carbocycles. The number of aromatic nitrogens is 1. The van der Waals surface area contributed by atoms with Crippen LogP contribution in [0, 0.1) is 6.92 Å². The van der Waals surface area contributed by atoms with E-state index in [2.05, 4.69) is 0 Å². The van der Waals surface area contributed by atoms with Crippen molar-refractivity contribution in [2.24, 2.45) is 0 Å². The number of methoxy groups -OCH3 is 1. The first-order chi connectivity index (χ1) is 10.1. The second-order valence-electron chi connectivity index (χ2n) is 4.66. The molecular weight excluding hydrogens is 270 g/mol. The van der Waals surface area contributed by atoms with Gasteiger partial charge in [0.25, 0.3) is 0 Å². The molecule has 0 unspecified atom stereocenters. The zero-order valence-corrected chi connectivity index (χ0v) is 11.6. The Morgan fingerprint density at radius 1 is 1.10 bits per heavy atom. The SMILES string of the molecule is COc1ccc(-n2c(=O)oc(=O)c3ccccc32)c(C)c1. The molecule has 1 heterocycles. The van der Waals surface area contributed by atoms with Crippen LogP contribution in [0.3, 0.4) is 0 Å². The molecule has 0 saturated heterocycles. The minimum atomic E-state index is -0.702. The summed E-state index contributed by atoms with van der Waals surface area (Å²) >= 11 is 0. The molecule has 0 radical (unpaired) electrons. The molecule has 3 aromatic rings. The number of benzene rings is 2. The summed E-state index contributed by atoms with van der Waals surface area (Å²) in [5.74, 6) is -0.00189. The van der Waals surface area contributed by atoms with Gasteiger partial charge >= 0.3 is 11.4 Å². The Bertz CT molecular complexity index is 937. The van der Waals surface area contributed by atoms with Crippen LogP contribution in [0.15, 0.2) is 56.5 Å². The molecule has 1 aromatic heterocycles. The van der Waals surface area contributed by atoms with E-state index in [1.807, 2.05) is 13.0 Å². The van der Waals surface area contributed by atoms with Gasteiger partial charge in [-0.3, -0.25) is 0 Å². The van der Waals surface area contributed by atoms with Crippen LogP contribution >= 0.6 is 0 Å². The summed E-state index contributed by atoms with van der Waals surface area (Å²) in [6, 6.07) is 12.2. The Kier molecular flexibility index (Phi) is 3.10. The smallest absolute Gasteiger partial charge is 0.426 e. The summed E-state index contributed by atoms with van der Waals surface area (Å²) < 4.78 is 11.4. The monoisotopic (exact) mass is 283 g/mol. The van der Waals surface area contributed by atoms with Crippen molar-refractivity contribution in [2.75, 3.05) is 7.11 Å². The number of aryl methyl sites for hydroxylation is 1. The van der Waals surface area contributed by atoms with E-state index in [0.29, 0.717) is 22.3 Å². The molecule has 0 bridgehead atoms. The van der Waals surface area contributed by atoms with Crippen LogP contribution in [0.2, 0.25) is 0 Å². The standard InChI is InChI=1S/C16H13NO4/c1-10-9-11(20-2)7-8-13(10)17-14-6-4-3-5-12(14)15(18)21-16(17)19/h3-9H,1-2H3. The predicted octanol–water partition coefficient (Wildman–Crippen LogP) is 2.26. The van der Waals surface area contributed by atoms with Crippen molar-refractivity contribution < 1.29 is 9.15 Å². The van der Waals surface area contributed by atoms with Crippen LogP contribution in [0.25, 0.3) is 16.6 Å². The van der Waals surface area contributed by atoms with Crippen LogP contribution < -0.4 is 16.1 Å². The third kappa shape index (κ3) is 2.12. The fourth-order valence-corrected chi connectivity index (χ4v) is 2.35. The quantitative estimate of drug-likeness (QED) is 0.723. The van der Waals surface area contributed by atoms with Gasteiger partial charge in [0.05, 0.1) is 23.7 Å². The lowest BCUT2D eigenvalue weighted by molar-refractivity contribution is 0.414. The van der Waals surface area contributed by atoms with Crippen molar-refractivity contribution in [2.45, 2.75) is 6.92 Å². The van der Waals surface area contributed by atoms with E-state index in [1.165, 1.54) is 4.57 Å². The van der Waals surface area contributed by atoms with Crippen LogP contribution in [-0.2, 0) is 0 Å². The van der Waals surface area contributed by atoms with Gasteiger partial charge in [-0.25, -0.2) is 14.2 Å². The molecule has 0 aliphatic heterocycles. The first-order valence-corrected chi connectivity index (χ1v) is 6.42. The fraction of sp³-hybridized carbons (Fsp3) is 0.125. The maximum absolute atomic E-state index is 12.1. The molecule has 5 heteroatoms. The number of rotatable bonds is 2. The first kappa shape index (κ1) is 13.2. The van der Waals surface area contributed by atoms with Gasteiger partial charge in [-0.15, -0.1) is 0 Å². The maximum atomic E-state index is 12.1. The van der Waals surface area contributed by atoms with E-state index in [9.17, 15) is 9.59 Å². The van der Waals surface area contributed by atoms with Gasteiger partial charge in [-0.1, -0.05) is 12.1 Å². The second-order valence-corrected chi connectivity index (χ2v) is 4.66. The number of fused-ring (bicyclic) bond motifs is 1. The molecule has 106 valence electrons. The summed E-state index contributed by atoms with van der Waals surface area (Å²) in [4.78, 5) is 23.9. The lowest BCUT2D eigenvalue weighted by Crippen LogP contribution is -2.24. The summed E-state index contributed by atoms with van der Waals surface area (Å²) in [6.45, 7) is 1.87. The predicted molar refractivity (Wildman–Crippen MR) is 79.4 cm³/mol. The van der Waals surface area contributed by atoms with E-state index in [4.69, 9.17) is 9.15 Å². The summed E-state index contributed by atoms with van der Waals surface area (Å²) in [5, 5.41) is 0.368. The maximum Gasteiger partial charge on any atom is 0.426 e. The lowest BCUT2D eigenvalue weighted by atomic mass is 10.1. The van der Waals surface area contributed by atoms with E-state index in [1.54, 1.807) is 43.5 Å². The Hall–Kier alpha value is -2.82. The molecule has 21 heavy (non-hydrogen) atoms. The number of ether oxygens (including phenoxy) is 1. The average Bonchev–Trinajstić information content (AvgIpc) is 2.48. The second kappa shape index (κ2) is 4.94. The van der Waals surface area contributed by atoms with Crippen LogP contribution in [0.4, 0.5) is 0 Å². The molecule has 0 atom stereocenters. The lowest BCUT2D eigenvalue weighted by Gasteiger charge is -2.12. The minimum Gasteiger partial charge on any atom is -0.497 e. The molecule has 0 aliphatic rings. The number of hydrogen-bond donors (Lipinski definition) is 0. The minimum absolute atomic E-state index is 0.368. The molecule has 0 spiro atoms. The van der Waals surface area contributed by atoms with Gasteiger partial charge in [-0.2, -0.15) is 0 Å². The van der Waals surface area contributed by atoms with Gasteiger partial charge in [0.2, 0.25) is 0 Å². The molecule has 0 amide bonds. The van der Waals surface area contributed by atoms with E-state index >= 15 is 0 Å². The Morgan fingerprint density at radius 2 is 1.86 bits per heavy atom. The normalized spacial score (nSPS) is 10.8. The summed E-state index contributed by atoms with van der Waals surface area (Å²) in [6.07, 6.45) is 0. The molecule has 0 aliphatic carbocycles. The largest absolute Gasteiger partial charge is 0.497 e. The van der Waals surface area contributed by atoms with Gasteiger partial charge in [0, 0.05) is 0 Å². The van der Waals surface area contributed by atoms with E-state index in [-0.39, 0.29) is 0 Å². The van der Waals surface area contributed by atoms with Gasteiger partial charge in [-0.05, 0) is 42.8 Å². The van der Waals surface area contributed by atoms with Crippen molar-refractivity contribution in [3.63, 3.8) is 0 Å². The summed E-state index contributed by atoms with van der Waals surface area (Å²) in [5.41, 5.74) is 1.39. The van der Waals surface area contributed by atoms with Gasteiger partial charge < -0.3 is 9.15 Å². The fourth-order valence-electron chi connectivity index (χ4n) is 2.35. The molecule has 0 saturated carbocycles. The third-order valence-corrected chi connectivity index (χ3v) is 3.37. The van der Waals surface area contributed by atoms with E-state index < -0.39 is 11.4 Å². The average molecular weight is 283 g/mol. The van der Waals surface area contributed by atoms with Gasteiger partial charge in [0.15, 0.2) is 0 Å². The van der Waals surface area contributed by atoms with Crippen LogP contribution in [0.1, 0.15) is 5.56 Å². The zero-order valence-electron chi connectivity index (χ0n) is 11.6. The van der Waals surface area contributed by atoms with Gasteiger partial charge in [0.1, 0.15) is 5.75 Å².